The van der Waals surface area contributed by atoms with Crippen LogP contribution in [0.15, 0.2) is 60.7 Å². The molecule has 2 amide bonds. The third-order valence-electron chi connectivity index (χ3n) is 7.39. The molecule has 2 saturated heterocycles. The van der Waals surface area contributed by atoms with E-state index in [-0.39, 0.29) is 17.6 Å². The Kier molecular flexibility index (Phi) is 6.18. The summed E-state index contributed by atoms with van der Waals surface area (Å²) in [6.07, 6.45) is 1.92. The monoisotopic (exact) mass is 432 g/mol. The summed E-state index contributed by atoms with van der Waals surface area (Å²) in [4.78, 5) is 43.9. The summed E-state index contributed by atoms with van der Waals surface area (Å²) in [5.74, 6) is 0.356. The van der Waals surface area contributed by atoms with E-state index < -0.39 is 10.8 Å². The van der Waals surface area contributed by atoms with Gasteiger partial charge in [0.1, 0.15) is 0 Å². The third kappa shape index (κ3) is 4.08. The number of nitrogens with zero attached hydrogens (tertiary/aromatic N) is 2. The second-order valence-corrected chi connectivity index (χ2v) is 9.42. The number of likely N-dealkylation sites (tertiary alicyclic amines) is 2. The van der Waals surface area contributed by atoms with Crippen LogP contribution in [0.3, 0.4) is 0 Å². The number of Topliss-reactive ketones (excluding diaryl/α,β-unsaturated/α-hetero) is 1. The molecular weight excluding hydrogens is 400 g/mol. The predicted molar refractivity (Wildman–Crippen MR) is 124 cm³/mol. The molecular formula is C27H32N2O3. The van der Waals surface area contributed by atoms with Gasteiger partial charge in [-0.3, -0.25) is 14.4 Å². The zero-order chi connectivity index (χ0) is 22.8. The Balaban J connectivity index is 1.57. The lowest BCUT2D eigenvalue weighted by molar-refractivity contribution is -0.170. The van der Waals surface area contributed by atoms with Crippen molar-refractivity contribution >= 4 is 17.6 Å². The third-order valence-corrected chi connectivity index (χ3v) is 7.39. The number of piperidine rings is 2. The topological polar surface area (TPSA) is 57.7 Å². The normalized spacial score (nSPS) is 25.0. The molecule has 2 heterocycles. The molecule has 2 fully saturated rings. The molecule has 0 unspecified atom stereocenters. The van der Waals surface area contributed by atoms with Crippen LogP contribution >= 0.6 is 0 Å². The summed E-state index contributed by atoms with van der Waals surface area (Å²) in [5, 5.41) is 0. The zero-order valence-electron chi connectivity index (χ0n) is 19.0. The predicted octanol–water partition coefficient (Wildman–Crippen LogP) is 3.52. The van der Waals surface area contributed by atoms with Crippen LogP contribution in [-0.2, 0) is 27.2 Å². The van der Waals surface area contributed by atoms with E-state index >= 15 is 0 Å². The van der Waals surface area contributed by atoms with Gasteiger partial charge in [0.25, 0.3) is 0 Å². The van der Waals surface area contributed by atoms with E-state index in [1.54, 1.807) is 0 Å². The molecule has 2 aromatic carbocycles. The second-order valence-electron chi connectivity index (χ2n) is 9.42. The van der Waals surface area contributed by atoms with Gasteiger partial charge in [0.2, 0.25) is 11.8 Å². The van der Waals surface area contributed by atoms with Crippen molar-refractivity contribution in [2.24, 2.45) is 10.8 Å². The van der Waals surface area contributed by atoms with Crippen LogP contribution < -0.4 is 0 Å². The first-order valence-corrected chi connectivity index (χ1v) is 11.6. The number of hydrogen-bond donors (Lipinski definition) is 0. The minimum atomic E-state index is -0.689. The van der Waals surface area contributed by atoms with Crippen LogP contribution in [0, 0.1) is 10.8 Å². The van der Waals surface area contributed by atoms with E-state index in [0.29, 0.717) is 51.9 Å². The van der Waals surface area contributed by atoms with E-state index in [9.17, 15) is 14.4 Å². The van der Waals surface area contributed by atoms with Crippen molar-refractivity contribution in [1.82, 2.24) is 9.80 Å². The van der Waals surface area contributed by atoms with Crippen LogP contribution in [0.2, 0.25) is 0 Å². The Morgan fingerprint density at radius 1 is 0.688 bits per heavy atom. The number of carbonyl (C=O) groups is 3. The standard InChI is InChI=1S/C27H32N2O3/c1-3-26-17-28(23(30)15-21-11-7-5-8-12-21)19-27(4-2,25(26)32)20-29(18-26)24(31)16-22-13-9-6-10-14-22/h5-14H,3-4,15-20H2,1-2H3. The fraction of sp³-hybridized carbons (Fsp3) is 0.444. The molecule has 0 aliphatic carbocycles. The number of hydrogen-bond acceptors (Lipinski definition) is 3. The smallest absolute Gasteiger partial charge is 0.227 e. The number of rotatable bonds is 6. The van der Waals surface area contributed by atoms with Gasteiger partial charge >= 0.3 is 0 Å². The van der Waals surface area contributed by atoms with Crippen LogP contribution in [0.1, 0.15) is 37.8 Å². The summed E-state index contributed by atoms with van der Waals surface area (Å²) in [6, 6.07) is 19.5. The molecule has 0 aromatic heterocycles. The Labute approximate surface area is 190 Å². The minimum Gasteiger partial charge on any atom is -0.340 e. The number of ketones is 1. The quantitative estimate of drug-likeness (QED) is 0.702. The van der Waals surface area contributed by atoms with Gasteiger partial charge in [0.15, 0.2) is 5.78 Å². The number of amides is 2. The summed E-state index contributed by atoms with van der Waals surface area (Å²) < 4.78 is 0. The molecule has 5 nitrogen and oxygen atoms in total. The van der Waals surface area contributed by atoms with Crippen LogP contribution in [-0.4, -0.2) is 53.6 Å². The Morgan fingerprint density at radius 3 is 1.34 bits per heavy atom. The molecule has 5 heteroatoms. The van der Waals surface area contributed by atoms with Gasteiger partial charge in [-0.15, -0.1) is 0 Å². The lowest BCUT2D eigenvalue weighted by Crippen LogP contribution is -2.71. The Morgan fingerprint density at radius 2 is 1.03 bits per heavy atom. The van der Waals surface area contributed by atoms with E-state index in [0.717, 1.165) is 11.1 Å². The average Bonchev–Trinajstić information content (AvgIpc) is 2.80. The summed E-state index contributed by atoms with van der Waals surface area (Å²) in [6.45, 7) is 5.59. The van der Waals surface area contributed by atoms with Gasteiger partial charge in [0, 0.05) is 26.2 Å². The highest BCUT2D eigenvalue weighted by molar-refractivity contribution is 5.96. The molecule has 168 valence electrons. The lowest BCUT2D eigenvalue weighted by Gasteiger charge is -2.57. The zero-order valence-corrected chi connectivity index (χ0v) is 19.0. The highest BCUT2D eigenvalue weighted by Gasteiger charge is 2.59. The van der Waals surface area contributed by atoms with Crippen LogP contribution in [0.25, 0.3) is 0 Å². The molecule has 2 aromatic rings. The molecule has 32 heavy (non-hydrogen) atoms. The van der Waals surface area contributed by atoms with Crippen molar-refractivity contribution in [2.45, 2.75) is 39.5 Å². The van der Waals surface area contributed by atoms with Gasteiger partial charge in [-0.2, -0.15) is 0 Å². The average molecular weight is 433 g/mol. The van der Waals surface area contributed by atoms with Crippen molar-refractivity contribution in [3.63, 3.8) is 0 Å². The van der Waals surface area contributed by atoms with Crippen molar-refractivity contribution in [2.75, 3.05) is 26.2 Å². The molecule has 2 aliphatic heterocycles. The van der Waals surface area contributed by atoms with E-state index in [1.165, 1.54) is 0 Å². The SMILES string of the molecule is CCC12CN(C(=O)Cc3ccccc3)CC(CC)(CN(C(=O)Cc3ccccc3)C1)C2=O. The van der Waals surface area contributed by atoms with Gasteiger partial charge in [-0.1, -0.05) is 74.5 Å². The molecule has 0 N–H and O–H groups in total. The molecule has 2 bridgehead atoms. The van der Waals surface area contributed by atoms with Crippen molar-refractivity contribution in [3.05, 3.63) is 71.8 Å². The fourth-order valence-electron chi connectivity index (χ4n) is 5.41. The second kappa shape index (κ2) is 8.89. The maximum Gasteiger partial charge on any atom is 0.227 e. The van der Waals surface area contributed by atoms with E-state index in [2.05, 4.69) is 0 Å². The van der Waals surface area contributed by atoms with E-state index in [1.807, 2.05) is 84.3 Å². The maximum atomic E-state index is 13.7. The van der Waals surface area contributed by atoms with Gasteiger partial charge in [0.05, 0.1) is 23.7 Å². The molecule has 0 saturated carbocycles. The lowest BCUT2D eigenvalue weighted by atomic mass is 9.60. The van der Waals surface area contributed by atoms with Crippen LogP contribution in [0.5, 0.6) is 0 Å². The first-order valence-electron chi connectivity index (χ1n) is 11.6. The minimum absolute atomic E-state index is 0.0587. The fourth-order valence-corrected chi connectivity index (χ4v) is 5.41. The summed E-state index contributed by atoms with van der Waals surface area (Å²) >= 11 is 0. The first-order chi connectivity index (χ1) is 15.4. The van der Waals surface area contributed by atoms with E-state index in [4.69, 9.17) is 0 Å². The van der Waals surface area contributed by atoms with Gasteiger partial charge < -0.3 is 9.80 Å². The highest BCUT2D eigenvalue weighted by atomic mass is 16.2. The first kappa shape index (κ1) is 22.3. The van der Waals surface area contributed by atoms with Crippen molar-refractivity contribution < 1.29 is 14.4 Å². The molecule has 0 radical (unpaired) electrons. The number of carbonyl (C=O) groups excluding carboxylic acids is 3. The van der Waals surface area contributed by atoms with Crippen molar-refractivity contribution in [3.8, 4) is 0 Å². The number of fused-ring (bicyclic) bond motifs is 2. The molecule has 0 spiro atoms. The highest BCUT2D eigenvalue weighted by Crippen LogP contribution is 2.46. The Bertz CT molecular complexity index is 895. The van der Waals surface area contributed by atoms with Gasteiger partial charge in [-0.25, -0.2) is 0 Å². The van der Waals surface area contributed by atoms with Gasteiger partial charge in [-0.05, 0) is 24.0 Å². The van der Waals surface area contributed by atoms with Crippen LogP contribution in [0.4, 0.5) is 0 Å². The molecule has 0 atom stereocenters. The van der Waals surface area contributed by atoms with Crippen molar-refractivity contribution in [1.29, 1.82) is 0 Å². The largest absolute Gasteiger partial charge is 0.340 e. The summed E-state index contributed by atoms with van der Waals surface area (Å²) in [5.41, 5.74) is 0.585. The number of benzene rings is 2. The summed E-state index contributed by atoms with van der Waals surface area (Å²) in [7, 11) is 0. The molecule has 4 rings (SSSR count). The molecule has 2 aliphatic rings. The Hall–Kier alpha value is -2.95. The maximum absolute atomic E-state index is 13.7.